The van der Waals surface area contributed by atoms with E-state index < -0.39 is 23.0 Å². The molecular weight excluding hydrogens is 320 g/mol. The van der Waals surface area contributed by atoms with Crippen molar-refractivity contribution >= 4 is 11.7 Å². The van der Waals surface area contributed by atoms with Crippen LogP contribution in [0, 0.1) is 22.7 Å². The molecule has 0 saturated heterocycles. The fraction of sp³-hybridized carbons (Fsp3) is 0.895. The molecule has 6 heteroatoms. The maximum atomic E-state index is 11.4. The molecule has 0 radical (unpaired) electrons. The number of hydrogen-bond acceptors (Lipinski definition) is 5. The second kappa shape index (κ2) is 8.60. The van der Waals surface area contributed by atoms with Crippen LogP contribution in [0.4, 0.5) is 0 Å². The van der Waals surface area contributed by atoms with Crippen LogP contribution >= 0.6 is 0 Å². The Hall–Kier alpha value is -0.980. The number of aliphatic hydroxyl groups is 1. The summed E-state index contributed by atoms with van der Waals surface area (Å²) in [5, 5.41) is 18.3. The van der Waals surface area contributed by atoms with Gasteiger partial charge in [0.1, 0.15) is 5.78 Å². The van der Waals surface area contributed by atoms with Gasteiger partial charge in [0, 0.05) is 5.54 Å². The van der Waals surface area contributed by atoms with E-state index in [1.165, 1.54) is 6.92 Å². The fourth-order valence-electron chi connectivity index (χ4n) is 4.08. The van der Waals surface area contributed by atoms with E-state index in [1.54, 1.807) is 33.2 Å². The molecule has 0 aliphatic carbocycles. The van der Waals surface area contributed by atoms with Gasteiger partial charge in [-0.2, -0.15) is 0 Å². The molecule has 0 aromatic heterocycles. The molecule has 0 aliphatic rings. The zero-order chi connectivity index (χ0) is 21.0. The van der Waals surface area contributed by atoms with Gasteiger partial charge in [0.25, 0.3) is 0 Å². The lowest BCUT2D eigenvalue weighted by Crippen LogP contribution is -2.54. The number of nitrogens with one attached hydrogen (secondary N) is 1. The quantitative estimate of drug-likeness (QED) is 0.455. The molecule has 6 nitrogen and oxygen atoms in total. The lowest BCUT2D eigenvalue weighted by atomic mass is 9.70. The van der Waals surface area contributed by atoms with Gasteiger partial charge in [0.15, 0.2) is 0 Å². The van der Waals surface area contributed by atoms with Crippen LogP contribution in [0.1, 0.15) is 76.2 Å². The molecule has 1 amide bonds. The number of rotatable bonds is 4. The number of carbonyl (C=O) groups excluding carboxylic acids is 2. The van der Waals surface area contributed by atoms with Gasteiger partial charge < -0.3 is 10.8 Å². The summed E-state index contributed by atoms with van der Waals surface area (Å²) in [6.45, 7) is 20.1. The number of carbonyl (C=O) groups is 2. The van der Waals surface area contributed by atoms with Crippen molar-refractivity contribution in [2.75, 3.05) is 0 Å². The van der Waals surface area contributed by atoms with E-state index in [0.29, 0.717) is 0 Å². The van der Waals surface area contributed by atoms with Crippen LogP contribution in [0.2, 0.25) is 0 Å². The minimum Gasteiger partial charge on any atom is -0.390 e. The van der Waals surface area contributed by atoms with Crippen LogP contribution in [0.15, 0.2) is 0 Å². The summed E-state index contributed by atoms with van der Waals surface area (Å²) in [5.41, 5.74) is 5.51. The molecule has 0 rings (SSSR count). The Balaban J connectivity index is 0. The molecule has 0 saturated carbocycles. The predicted molar refractivity (Wildman–Crippen MR) is 101 cm³/mol. The van der Waals surface area contributed by atoms with E-state index in [4.69, 9.17) is 10.9 Å². The van der Waals surface area contributed by atoms with Gasteiger partial charge in [0.2, 0.25) is 5.91 Å². The third kappa shape index (κ3) is 9.33. The average Bonchev–Trinajstić information content (AvgIpc) is 2.19. The number of nitrogens with two attached hydrogens (primary N) is 1. The van der Waals surface area contributed by atoms with Crippen molar-refractivity contribution in [1.82, 2.24) is 5.48 Å². The van der Waals surface area contributed by atoms with E-state index in [2.05, 4.69) is 0 Å². The van der Waals surface area contributed by atoms with Gasteiger partial charge in [-0.25, -0.2) is 5.48 Å². The Morgan fingerprint density at radius 3 is 1.20 bits per heavy atom. The highest BCUT2D eigenvalue weighted by Gasteiger charge is 2.41. The van der Waals surface area contributed by atoms with Crippen LogP contribution in [-0.2, 0) is 9.59 Å². The normalized spacial score (nSPS) is 15.6. The molecule has 2 unspecified atom stereocenters. The van der Waals surface area contributed by atoms with Crippen LogP contribution in [0.3, 0.4) is 0 Å². The van der Waals surface area contributed by atoms with Gasteiger partial charge in [-0.15, -0.1) is 0 Å². The summed E-state index contributed by atoms with van der Waals surface area (Å²) < 4.78 is 0. The third-order valence-electron chi connectivity index (χ3n) is 3.96. The maximum Gasteiger partial charge on any atom is 0.248 e. The van der Waals surface area contributed by atoms with Gasteiger partial charge in [-0.05, 0) is 45.4 Å². The van der Waals surface area contributed by atoms with E-state index in [-0.39, 0.29) is 22.5 Å². The largest absolute Gasteiger partial charge is 0.390 e. The van der Waals surface area contributed by atoms with Crippen LogP contribution < -0.4 is 11.2 Å². The number of hydrogen-bond donors (Lipinski definition) is 4. The molecule has 0 aromatic rings. The molecular formula is C19H40N2O4. The van der Waals surface area contributed by atoms with Crippen molar-refractivity contribution in [3.8, 4) is 0 Å². The third-order valence-corrected chi connectivity index (χ3v) is 3.96. The zero-order valence-electron chi connectivity index (χ0n) is 17.9. The fourth-order valence-corrected chi connectivity index (χ4v) is 4.08. The highest BCUT2D eigenvalue weighted by atomic mass is 16.5. The summed E-state index contributed by atoms with van der Waals surface area (Å²) in [6, 6.07) is 0. The standard InChI is InChI=1S/C10H20O2.C9H20N2O2/c1-7(11)8(9(2,3)4)10(5,6)12;1-8(2,3)6(7(12)11-13)9(4,5)10/h8,12H,1-6H3;6,13H,10H2,1-5H3,(H,11,12). The smallest absolute Gasteiger partial charge is 0.248 e. The van der Waals surface area contributed by atoms with Crippen molar-refractivity contribution < 1.29 is 19.9 Å². The highest BCUT2D eigenvalue weighted by molar-refractivity contribution is 5.80. The molecule has 150 valence electrons. The first-order valence-electron chi connectivity index (χ1n) is 8.63. The number of hydroxylamine groups is 1. The van der Waals surface area contributed by atoms with Crippen molar-refractivity contribution in [2.45, 2.75) is 87.3 Å². The van der Waals surface area contributed by atoms with Gasteiger partial charge in [0.05, 0.1) is 17.4 Å². The van der Waals surface area contributed by atoms with Crippen LogP contribution in [0.5, 0.6) is 0 Å². The first-order chi connectivity index (χ1) is 10.7. The molecule has 0 fully saturated rings. The van der Waals surface area contributed by atoms with E-state index in [0.717, 1.165) is 0 Å². The number of amides is 1. The number of Topliss-reactive ketones (excluding diaryl/α,β-unsaturated/α-hetero) is 1. The lowest BCUT2D eigenvalue weighted by molar-refractivity contribution is -0.139. The second-order valence-corrected chi connectivity index (χ2v) is 10.2. The predicted octanol–water partition coefficient (Wildman–Crippen LogP) is 2.90. The molecule has 5 N–H and O–H groups in total. The van der Waals surface area contributed by atoms with Gasteiger partial charge in [-0.1, -0.05) is 41.5 Å². The summed E-state index contributed by atoms with van der Waals surface area (Å²) in [7, 11) is 0. The van der Waals surface area contributed by atoms with Gasteiger partial charge >= 0.3 is 0 Å². The monoisotopic (exact) mass is 360 g/mol. The van der Waals surface area contributed by atoms with Crippen molar-refractivity contribution in [3.05, 3.63) is 0 Å². The molecule has 0 spiro atoms. The first-order valence-corrected chi connectivity index (χ1v) is 8.63. The Kier molecular flexibility index (Phi) is 9.03. The van der Waals surface area contributed by atoms with Crippen molar-refractivity contribution in [3.63, 3.8) is 0 Å². The Morgan fingerprint density at radius 2 is 1.16 bits per heavy atom. The minimum absolute atomic E-state index is 0.0509. The Labute approximate surface area is 153 Å². The Morgan fingerprint density at radius 1 is 0.840 bits per heavy atom. The zero-order valence-corrected chi connectivity index (χ0v) is 17.9. The van der Waals surface area contributed by atoms with E-state index in [9.17, 15) is 14.7 Å². The molecule has 0 aromatic carbocycles. The lowest BCUT2D eigenvalue weighted by Gasteiger charge is -2.38. The molecule has 0 aliphatic heterocycles. The summed E-state index contributed by atoms with van der Waals surface area (Å²) in [6.07, 6.45) is 0. The molecule has 0 heterocycles. The van der Waals surface area contributed by atoms with Crippen molar-refractivity contribution in [2.24, 2.45) is 28.4 Å². The SMILES string of the molecule is CC(=O)C(C(C)(C)C)C(C)(C)O.CC(C)(C)C(C(=O)NO)C(C)(C)N. The molecule has 25 heavy (non-hydrogen) atoms. The summed E-state index contributed by atoms with van der Waals surface area (Å²) in [4.78, 5) is 22.6. The summed E-state index contributed by atoms with van der Waals surface area (Å²) in [5.74, 6) is -1.11. The number of ketones is 1. The average molecular weight is 361 g/mol. The first kappa shape index (κ1) is 26.3. The molecule has 2 atom stereocenters. The summed E-state index contributed by atoms with van der Waals surface area (Å²) >= 11 is 0. The molecule has 0 bridgehead atoms. The van der Waals surface area contributed by atoms with Crippen LogP contribution in [-0.4, -0.2) is 33.1 Å². The van der Waals surface area contributed by atoms with Crippen LogP contribution in [0.25, 0.3) is 0 Å². The highest BCUT2D eigenvalue weighted by Crippen LogP contribution is 2.35. The minimum atomic E-state index is -0.927. The van der Waals surface area contributed by atoms with Crippen molar-refractivity contribution in [1.29, 1.82) is 0 Å². The maximum absolute atomic E-state index is 11.4. The van der Waals surface area contributed by atoms with E-state index in [1.807, 2.05) is 41.5 Å². The van der Waals surface area contributed by atoms with Gasteiger partial charge in [-0.3, -0.25) is 14.8 Å². The Bertz CT molecular complexity index is 418. The topological polar surface area (TPSA) is 113 Å². The second-order valence-electron chi connectivity index (χ2n) is 10.2. The van der Waals surface area contributed by atoms with E-state index >= 15 is 0 Å².